The van der Waals surface area contributed by atoms with Crippen molar-refractivity contribution in [3.8, 4) is 11.8 Å². The van der Waals surface area contributed by atoms with Crippen molar-refractivity contribution in [2.45, 2.75) is 45.2 Å². The molecule has 0 bridgehead atoms. The zero-order chi connectivity index (χ0) is 22.1. The Bertz CT molecular complexity index is 1160. The minimum absolute atomic E-state index is 0.00511. The Morgan fingerprint density at radius 2 is 1.77 bits per heavy atom. The molecule has 0 amide bonds. The number of hydrogen-bond acceptors (Lipinski definition) is 6. The van der Waals surface area contributed by atoms with Crippen LogP contribution >= 0.6 is 23.2 Å². The van der Waals surface area contributed by atoms with E-state index in [9.17, 15) is 8.42 Å². The second kappa shape index (κ2) is 8.89. The van der Waals surface area contributed by atoms with Crippen molar-refractivity contribution < 1.29 is 13.2 Å². The van der Waals surface area contributed by atoms with Gasteiger partial charge in [0.2, 0.25) is 10.0 Å². The lowest BCUT2D eigenvalue weighted by atomic mass is 10.3. The van der Waals surface area contributed by atoms with E-state index in [2.05, 4.69) is 19.9 Å². The molecule has 0 fully saturated rings. The number of nitrogens with zero attached hydrogens (tertiary/aromatic N) is 4. The normalized spacial score (nSPS) is 12.7. The van der Waals surface area contributed by atoms with Gasteiger partial charge in [0, 0.05) is 30.1 Å². The molecular weight excluding hydrogens is 449 g/mol. The molecule has 160 valence electrons. The van der Waals surface area contributed by atoms with Gasteiger partial charge in [-0.25, -0.2) is 13.1 Å². The molecule has 0 radical (unpaired) electrons. The van der Waals surface area contributed by atoms with Gasteiger partial charge in [-0.2, -0.15) is 0 Å². The number of sulfonamides is 1. The highest BCUT2D eigenvalue weighted by Crippen LogP contribution is 2.27. The van der Waals surface area contributed by atoms with Crippen LogP contribution in [0.1, 0.15) is 37.1 Å². The highest BCUT2D eigenvalue weighted by Gasteiger charge is 2.24. The quantitative estimate of drug-likeness (QED) is 0.548. The van der Waals surface area contributed by atoms with Crippen LogP contribution in [0.5, 0.6) is 11.8 Å². The summed E-state index contributed by atoms with van der Waals surface area (Å²) in [4.78, 5) is 4.32. The number of aryl methyl sites for hydroxylation is 2. The van der Waals surface area contributed by atoms with Gasteiger partial charge in [-0.15, -0.1) is 5.10 Å². The standard InChI is InChI=1S/C19H21Cl2N5O3S/c1-5-26-18(23-24-19(26)29-14-8-11(2)22-12(3)9-14)13(4)25-30(27,28)15-6-7-16(20)17(21)10-15/h6-10,13,25H,5H2,1-4H3/t13-/m1/s1. The number of rotatable bonds is 7. The summed E-state index contributed by atoms with van der Waals surface area (Å²) >= 11 is 11.8. The lowest BCUT2D eigenvalue weighted by Gasteiger charge is -2.15. The maximum atomic E-state index is 12.7. The Labute approximate surface area is 185 Å². The second-order valence-corrected chi connectivity index (χ2v) is 9.22. The first-order valence-corrected chi connectivity index (χ1v) is 11.4. The first-order chi connectivity index (χ1) is 14.1. The summed E-state index contributed by atoms with van der Waals surface area (Å²) in [5.74, 6) is 0.997. The molecule has 1 atom stereocenters. The molecule has 3 rings (SSSR count). The Hall–Kier alpha value is -2.20. The summed E-state index contributed by atoms with van der Waals surface area (Å²) in [5.41, 5.74) is 1.63. The number of pyridine rings is 1. The smallest absolute Gasteiger partial charge is 0.322 e. The van der Waals surface area contributed by atoms with Crippen LogP contribution in [-0.4, -0.2) is 28.2 Å². The maximum Gasteiger partial charge on any atom is 0.322 e. The van der Waals surface area contributed by atoms with E-state index in [0.717, 1.165) is 11.4 Å². The Kier molecular flexibility index (Phi) is 6.66. The predicted molar refractivity (Wildman–Crippen MR) is 115 cm³/mol. The van der Waals surface area contributed by atoms with E-state index >= 15 is 0 Å². The number of benzene rings is 1. The van der Waals surface area contributed by atoms with Crippen molar-refractivity contribution in [3.05, 3.63) is 57.6 Å². The third kappa shape index (κ3) is 4.92. The van der Waals surface area contributed by atoms with Crippen LogP contribution in [0.3, 0.4) is 0 Å². The zero-order valence-electron chi connectivity index (χ0n) is 16.8. The van der Waals surface area contributed by atoms with Crippen molar-refractivity contribution in [3.63, 3.8) is 0 Å². The molecule has 1 aromatic carbocycles. The Balaban J connectivity index is 1.85. The van der Waals surface area contributed by atoms with E-state index in [0.29, 0.717) is 18.1 Å². The fraction of sp³-hybridized carbons (Fsp3) is 0.316. The van der Waals surface area contributed by atoms with Gasteiger partial charge in [0.05, 0.1) is 21.0 Å². The van der Waals surface area contributed by atoms with Gasteiger partial charge in [-0.3, -0.25) is 9.55 Å². The third-order valence-electron chi connectivity index (χ3n) is 4.25. The van der Waals surface area contributed by atoms with Gasteiger partial charge < -0.3 is 4.74 Å². The molecular formula is C19H21Cl2N5O3S. The number of halogens is 2. The maximum absolute atomic E-state index is 12.7. The van der Waals surface area contributed by atoms with E-state index in [1.807, 2.05) is 20.8 Å². The second-order valence-electron chi connectivity index (χ2n) is 6.69. The molecule has 0 aliphatic heterocycles. The van der Waals surface area contributed by atoms with Gasteiger partial charge in [-0.05, 0) is 45.9 Å². The summed E-state index contributed by atoms with van der Waals surface area (Å²) in [7, 11) is -3.86. The fourth-order valence-corrected chi connectivity index (χ4v) is 4.54. The van der Waals surface area contributed by atoms with Crippen LogP contribution < -0.4 is 9.46 Å². The van der Waals surface area contributed by atoms with Crippen molar-refractivity contribution in [1.29, 1.82) is 0 Å². The number of nitrogens with one attached hydrogen (secondary N) is 1. The summed E-state index contributed by atoms with van der Waals surface area (Å²) < 4.78 is 35.7. The number of aromatic nitrogens is 4. The first-order valence-electron chi connectivity index (χ1n) is 9.14. The molecule has 0 saturated carbocycles. The molecule has 3 aromatic rings. The number of hydrogen-bond donors (Lipinski definition) is 1. The minimum atomic E-state index is -3.86. The Morgan fingerprint density at radius 1 is 1.10 bits per heavy atom. The average molecular weight is 470 g/mol. The highest BCUT2D eigenvalue weighted by atomic mass is 35.5. The van der Waals surface area contributed by atoms with Crippen molar-refractivity contribution >= 4 is 33.2 Å². The molecule has 0 aliphatic carbocycles. The van der Waals surface area contributed by atoms with Crippen LogP contribution in [0.25, 0.3) is 0 Å². The SMILES string of the molecule is CCn1c(Oc2cc(C)nc(C)c2)nnc1[C@@H](C)NS(=O)(=O)c1ccc(Cl)c(Cl)c1. The molecule has 0 aliphatic rings. The van der Waals surface area contributed by atoms with Crippen LogP contribution in [0.15, 0.2) is 35.2 Å². The molecule has 0 spiro atoms. The van der Waals surface area contributed by atoms with Gasteiger partial charge in [-0.1, -0.05) is 28.3 Å². The summed E-state index contributed by atoms with van der Waals surface area (Å²) in [6, 6.07) is 7.29. The lowest BCUT2D eigenvalue weighted by Crippen LogP contribution is -2.29. The molecule has 11 heteroatoms. The Morgan fingerprint density at radius 3 is 2.37 bits per heavy atom. The van der Waals surface area contributed by atoms with E-state index in [4.69, 9.17) is 27.9 Å². The highest BCUT2D eigenvalue weighted by molar-refractivity contribution is 7.89. The lowest BCUT2D eigenvalue weighted by molar-refractivity contribution is 0.406. The molecule has 2 aromatic heterocycles. The molecule has 30 heavy (non-hydrogen) atoms. The van der Waals surface area contributed by atoms with Gasteiger partial charge in [0.1, 0.15) is 5.75 Å². The summed E-state index contributed by atoms with van der Waals surface area (Å²) in [5, 5.41) is 8.65. The zero-order valence-corrected chi connectivity index (χ0v) is 19.2. The summed E-state index contributed by atoms with van der Waals surface area (Å²) in [6.45, 7) is 7.80. The van der Waals surface area contributed by atoms with E-state index < -0.39 is 16.1 Å². The van der Waals surface area contributed by atoms with Crippen molar-refractivity contribution in [1.82, 2.24) is 24.5 Å². The third-order valence-corrected chi connectivity index (χ3v) is 6.52. The van der Waals surface area contributed by atoms with Crippen LogP contribution in [-0.2, 0) is 16.6 Å². The van der Waals surface area contributed by atoms with E-state index in [-0.39, 0.29) is 21.0 Å². The van der Waals surface area contributed by atoms with Gasteiger partial charge in [0.25, 0.3) is 0 Å². The van der Waals surface area contributed by atoms with Crippen LogP contribution in [0, 0.1) is 13.8 Å². The topological polar surface area (TPSA) is 99.0 Å². The fourth-order valence-electron chi connectivity index (χ4n) is 2.95. The van der Waals surface area contributed by atoms with E-state index in [1.54, 1.807) is 23.6 Å². The van der Waals surface area contributed by atoms with Crippen molar-refractivity contribution in [2.24, 2.45) is 0 Å². The molecule has 8 nitrogen and oxygen atoms in total. The van der Waals surface area contributed by atoms with Crippen LogP contribution in [0.4, 0.5) is 0 Å². The van der Waals surface area contributed by atoms with Crippen LogP contribution in [0.2, 0.25) is 10.0 Å². The van der Waals surface area contributed by atoms with Gasteiger partial charge in [0.15, 0.2) is 5.82 Å². The predicted octanol–water partition coefficient (Wildman–Crippen LogP) is 4.45. The molecule has 1 N–H and O–H groups in total. The average Bonchev–Trinajstić information content (AvgIpc) is 3.05. The van der Waals surface area contributed by atoms with Crippen molar-refractivity contribution in [2.75, 3.05) is 0 Å². The number of ether oxygens (including phenoxy) is 1. The summed E-state index contributed by atoms with van der Waals surface area (Å²) in [6.07, 6.45) is 0. The molecule has 0 saturated heterocycles. The first kappa shape index (κ1) is 22.5. The van der Waals surface area contributed by atoms with Gasteiger partial charge >= 0.3 is 6.01 Å². The van der Waals surface area contributed by atoms with E-state index in [1.165, 1.54) is 18.2 Å². The molecule has 2 heterocycles. The largest absolute Gasteiger partial charge is 0.424 e. The minimum Gasteiger partial charge on any atom is -0.424 e. The monoisotopic (exact) mass is 469 g/mol. The molecule has 0 unspecified atom stereocenters.